The Bertz CT molecular complexity index is 534. The molecule has 2 aromatic rings. The van der Waals surface area contributed by atoms with Crippen LogP contribution in [0.25, 0.3) is 0 Å². The first-order valence-electron chi connectivity index (χ1n) is 6.40. The van der Waals surface area contributed by atoms with Gasteiger partial charge in [0.2, 0.25) is 0 Å². The Balaban J connectivity index is 2.38. The Morgan fingerprint density at radius 3 is 2.47 bits per heavy atom. The van der Waals surface area contributed by atoms with Crippen molar-refractivity contribution in [1.82, 2.24) is 5.43 Å². The molecule has 1 heterocycles. The Labute approximate surface area is 113 Å². The molecule has 0 bridgehead atoms. The van der Waals surface area contributed by atoms with Crippen LogP contribution in [0.5, 0.6) is 5.75 Å². The molecule has 1 aromatic carbocycles. The van der Waals surface area contributed by atoms with Crippen molar-refractivity contribution in [1.29, 1.82) is 0 Å². The summed E-state index contributed by atoms with van der Waals surface area (Å²) in [7, 11) is 0. The molecule has 4 nitrogen and oxygen atoms in total. The molecule has 1 unspecified atom stereocenters. The van der Waals surface area contributed by atoms with Crippen molar-refractivity contribution in [3.8, 4) is 5.75 Å². The highest BCUT2D eigenvalue weighted by atomic mass is 16.5. The number of hydrogen-bond acceptors (Lipinski definition) is 4. The number of hydrogen-bond donors (Lipinski definition) is 2. The summed E-state index contributed by atoms with van der Waals surface area (Å²) in [6, 6.07) is 11.5. The lowest BCUT2D eigenvalue weighted by Crippen LogP contribution is -2.29. The van der Waals surface area contributed by atoms with Crippen LogP contribution in [0, 0.1) is 6.92 Å². The van der Waals surface area contributed by atoms with E-state index in [1.807, 2.05) is 57.2 Å². The molecule has 0 spiro atoms. The molecule has 0 saturated heterocycles. The van der Waals surface area contributed by atoms with Gasteiger partial charge in [0, 0.05) is 5.56 Å². The molecule has 102 valence electrons. The van der Waals surface area contributed by atoms with Crippen molar-refractivity contribution in [2.45, 2.75) is 32.9 Å². The molecule has 0 amide bonds. The monoisotopic (exact) mass is 260 g/mol. The lowest BCUT2D eigenvalue weighted by atomic mass is 10.0. The zero-order chi connectivity index (χ0) is 13.8. The predicted molar refractivity (Wildman–Crippen MR) is 74.8 cm³/mol. The molecule has 3 N–H and O–H groups in total. The van der Waals surface area contributed by atoms with Crippen molar-refractivity contribution in [3.63, 3.8) is 0 Å². The van der Waals surface area contributed by atoms with E-state index >= 15 is 0 Å². The van der Waals surface area contributed by atoms with Gasteiger partial charge in [-0.1, -0.05) is 18.2 Å². The van der Waals surface area contributed by atoms with E-state index in [-0.39, 0.29) is 12.1 Å². The standard InChI is InChI=1S/C15H20N2O2/c1-10(2)18-13-7-5-4-6-12(13)15(17-16)14-9-8-11(3)19-14/h4-10,15,17H,16H2,1-3H3. The van der Waals surface area contributed by atoms with Gasteiger partial charge in [-0.2, -0.15) is 0 Å². The van der Waals surface area contributed by atoms with Gasteiger partial charge in [-0.05, 0) is 39.0 Å². The van der Waals surface area contributed by atoms with E-state index < -0.39 is 0 Å². The number of furan rings is 1. The second-order valence-corrected chi connectivity index (χ2v) is 4.75. The molecule has 4 heteroatoms. The van der Waals surface area contributed by atoms with Gasteiger partial charge in [0.15, 0.2) is 0 Å². The fourth-order valence-corrected chi connectivity index (χ4v) is 2.01. The van der Waals surface area contributed by atoms with E-state index in [1.165, 1.54) is 0 Å². The summed E-state index contributed by atoms with van der Waals surface area (Å²) in [5.41, 5.74) is 3.75. The third-order valence-electron chi connectivity index (χ3n) is 2.81. The van der Waals surface area contributed by atoms with Crippen LogP contribution in [0.4, 0.5) is 0 Å². The zero-order valence-electron chi connectivity index (χ0n) is 11.5. The van der Waals surface area contributed by atoms with Crippen molar-refractivity contribution >= 4 is 0 Å². The smallest absolute Gasteiger partial charge is 0.127 e. The average molecular weight is 260 g/mol. The number of aryl methyl sites for hydroxylation is 1. The van der Waals surface area contributed by atoms with Gasteiger partial charge < -0.3 is 9.15 Å². The van der Waals surface area contributed by atoms with Crippen LogP contribution in [0.2, 0.25) is 0 Å². The molecule has 0 radical (unpaired) electrons. The first kappa shape index (κ1) is 13.6. The summed E-state index contributed by atoms with van der Waals surface area (Å²) < 4.78 is 11.5. The lowest BCUT2D eigenvalue weighted by molar-refractivity contribution is 0.237. The van der Waals surface area contributed by atoms with E-state index in [9.17, 15) is 0 Å². The maximum atomic E-state index is 5.82. The van der Waals surface area contributed by atoms with Gasteiger partial charge in [-0.25, -0.2) is 5.43 Å². The maximum Gasteiger partial charge on any atom is 0.127 e. The Hall–Kier alpha value is -1.78. The zero-order valence-corrected chi connectivity index (χ0v) is 11.5. The van der Waals surface area contributed by atoms with E-state index in [0.717, 1.165) is 22.8 Å². The SMILES string of the molecule is Cc1ccc(C(NN)c2ccccc2OC(C)C)o1. The molecule has 19 heavy (non-hydrogen) atoms. The van der Waals surface area contributed by atoms with Crippen molar-refractivity contribution < 1.29 is 9.15 Å². The fourth-order valence-electron chi connectivity index (χ4n) is 2.01. The third-order valence-corrected chi connectivity index (χ3v) is 2.81. The summed E-state index contributed by atoms with van der Waals surface area (Å²) >= 11 is 0. The van der Waals surface area contributed by atoms with Crippen LogP contribution in [-0.2, 0) is 0 Å². The molecule has 2 rings (SSSR count). The molecule has 0 aliphatic heterocycles. The molecule has 1 atom stereocenters. The summed E-state index contributed by atoms with van der Waals surface area (Å²) in [5.74, 6) is 8.13. The summed E-state index contributed by atoms with van der Waals surface area (Å²) in [5, 5.41) is 0. The quantitative estimate of drug-likeness (QED) is 0.641. The van der Waals surface area contributed by atoms with Crippen LogP contribution >= 0.6 is 0 Å². The van der Waals surface area contributed by atoms with Gasteiger partial charge >= 0.3 is 0 Å². The second-order valence-electron chi connectivity index (χ2n) is 4.75. The van der Waals surface area contributed by atoms with Crippen molar-refractivity contribution in [3.05, 3.63) is 53.5 Å². The number of ether oxygens (including phenoxy) is 1. The fraction of sp³-hybridized carbons (Fsp3) is 0.333. The Kier molecular flexibility index (Phi) is 4.24. The second kappa shape index (κ2) is 5.91. The highest BCUT2D eigenvalue weighted by Gasteiger charge is 2.20. The van der Waals surface area contributed by atoms with Gasteiger partial charge in [0.05, 0.1) is 6.10 Å². The Morgan fingerprint density at radius 2 is 1.89 bits per heavy atom. The van der Waals surface area contributed by atoms with Gasteiger partial charge in [-0.3, -0.25) is 5.84 Å². The number of rotatable bonds is 5. The molecule has 0 aliphatic rings. The molecular weight excluding hydrogens is 240 g/mol. The van der Waals surface area contributed by atoms with Crippen LogP contribution in [0.1, 0.15) is 37.0 Å². The number of benzene rings is 1. The minimum absolute atomic E-state index is 0.109. The third kappa shape index (κ3) is 3.16. The summed E-state index contributed by atoms with van der Waals surface area (Å²) in [6.45, 7) is 5.91. The number of para-hydroxylation sites is 1. The first-order chi connectivity index (χ1) is 9.11. The summed E-state index contributed by atoms with van der Waals surface area (Å²) in [6.07, 6.45) is 0.109. The van der Waals surface area contributed by atoms with E-state index in [2.05, 4.69) is 5.43 Å². The highest BCUT2D eigenvalue weighted by Crippen LogP contribution is 2.30. The first-order valence-corrected chi connectivity index (χ1v) is 6.40. The number of hydrazine groups is 1. The molecule has 0 aliphatic carbocycles. The minimum Gasteiger partial charge on any atom is -0.491 e. The topological polar surface area (TPSA) is 60.4 Å². The largest absolute Gasteiger partial charge is 0.491 e. The van der Waals surface area contributed by atoms with Crippen molar-refractivity contribution in [2.75, 3.05) is 0 Å². The number of nitrogens with one attached hydrogen (secondary N) is 1. The van der Waals surface area contributed by atoms with Gasteiger partial charge in [0.1, 0.15) is 23.3 Å². The average Bonchev–Trinajstić information content (AvgIpc) is 2.78. The normalized spacial score (nSPS) is 12.7. The summed E-state index contributed by atoms with van der Waals surface area (Å²) in [4.78, 5) is 0. The molecule has 1 aromatic heterocycles. The van der Waals surface area contributed by atoms with Gasteiger partial charge in [-0.15, -0.1) is 0 Å². The van der Waals surface area contributed by atoms with Crippen LogP contribution in [-0.4, -0.2) is 6.10 Å². The molecule has 0 saturated carbocycles. The maximum absolute atomic E-state index is 5.82. The van der Waals surface area contributed by atoms with E-state index in [4.69, 9.17) is 15.0 Å². The Morgan fingerprint density at radius 1 is 1.16 bits per heavy atom. The van der Waals surface area contributed by atoms with Gasteiger partial charge in [0.25, 0.3) is 0 Å². The lowest BCUT2D eigenvalue weighted by Gasteiger charge is -2.19. The number of nitrogens with two attached hydrogens (primary N) is 1. The van der Waals surface area contributed by atoms with E-state index in [1.54, 1.807) is 0 Å². The van der Waals surface area contributed by atoms with Crippen LogP contribution < -0.4 is 16.0 Å². The van der Waals surface area contributed by atoms with E-state index in [0.29, 0.717) is 0 Å². The minimum atomic E-state index is -0.219. The molecule has 0 fully saturated rings. The van der Waals surface area contributed by atoms with Crippen molar-refractivity contribution in [2.24, 2.45) is 5.84 Å². The van der Waals surface area contributed by atoms with Crippen LogP contribution in [0.3, 0.4) is 0 Å². The molecular formula is C15H20N2O2. The predicted octanol–water partition coefficient (Wildman–Crippen LogP) is 2.93. The van der Waals surface area contributed by atoms with Crippen LogP contribution in [0.15, 0.2) is 40.8 Å². The highest BCUT2D eigenvalue weighted by molar-refractivity contribution is 5.39.